The summed E-state index contributed by atoms with van der Waals surface area (Å²) in [7, 11) is 3.69. The van der Waals surface area contributed by atoms with Crippen LogP contribution in [0.3, 0.4) is 0 Å². The summed E-state index contributed by atoms with van der Waals surface area (Å²) in [5.74, 6) is -1.00. The van der Waals surface area contributed by atoms with Crippen LogP contribution in [-0.2, 0) is 23.9 Å². The minimum absolute atomic E-state index is 0.00946. The van der Waals surface area contributed by atoms with E-state index in [9.17, 15) is 19.2 Å². The maximum absolute atomic E-state index is 13.8. The molecule has 0 aromatic heterocycles. The van der Waals surface area contributed by atoms with E-state index in [1.807, 2.05) is 78.1 Å². The second kappa shape index (κ2) is 16.2. The zero-order chi connectivity index (χ0) is 32.6. The van der Waals surface area contributed by atoms with Crippen LogP contribution in [0.5, 0.6) is 0 Å². The van der Waals surface area contributed by atoms with Crippen molar-refractivity contribution in [3.05, 3.63) is 47.5 Å². The molecular weight excluding hydrogens is 556 g/mol. The highest BCUT2D eigenvalue weighted by atomic mass is 16.5. The Morgan fingerprint density at radius 2 is 1.64 bits per heavy atom. The van der Waals surface area contributed by atoms with Gasteiger partial charge < -0.3 is 19.9 Å². The number of benzene rings is 1. The topological polar surface area (TPSA) is 99.3 Å². The van der Waals surface area contributed by atoms with Crippen molar-refractivity contribution in [2.24, 2.45) is 11.8 Å². The summed E-state index contributed by atoms with van der Waals surface area (Å²) < 4.78 is 5.91. The van der Waals surface area contributed by atoms with Gasteiger partial charge in [-0.1, -0.05) is 77.4 Å². The number of nitrogens with zero attached hydrogens (tertiary/aromatic N) is 3. The highest BCUT2D eigenvalue weighted by molar-refractivity contribution is 5.96. The largest absolute Gasteiger partial charge is 0.456 e. The van der Waals surface area contributed by atoms with Crippen molar-refractivity contribution in [1.82, 2.24) is 20.0 Å². The first-order chi connectivity index (χ1) is 20.9. The minimum atomic E-state index is -0.678. The Balaban J connectivity index is 1.73. The zero-order valence-electron chi connectivity index (χ0n) is 28.0. The first-order valence-electron chi connectivity index (χ1n) is 16.4. The molecule has 1 unspecified atom stereocenters. The normalized spacial score (nSPS) is 21.6. The van der Waals surface area contributed by atoms with E-state index < -0.39 is 12.1 Å². The van der Waals surface area contributed by atoms with Crippen molar-refractivity contribution < 1.29 is 23.9 Å². The molecule has 2 fully saturated rings. The van der Waals surface area contributed by atoms with E-state index in [-0.39, 0.29) is 53.7 Å². The number of hydrogen-bond acceptors (Lipinski definition) is 6. The molecule has 0 saturated carbocycles. The molecule has 1 N–H and O–H groups in total. The molecule has 9 heteroatoms. The number of hydrogen-bond donors (Lipinski definition) is 1. The lowest BCUT2D eigenvalue weighted by Crippen LogP contribution is -2.57. The third-order valence-corrected chi connectivity index (χ3v) is 9.13. The number of piperidine rings is 1. The number of likely N-dealkylation sites (N-methyl/N-ethyl adjacent to an activating group) is 2. The molecule has 2 heterocycles. The van der Waals surface area contributed by atoms with Crippen LogP contribution in [-0.4, -0.2) is 89.7 Å². The number of carbonyl (C=O) groups is 4. The molecule has 2 aliphatic rings. The van der Waals surface area contributed by atoms with Crippen LogP contribution in [0.2, 0.25) is 0 Å². The SMILES string of the molecule is CCC(OC(=O)[C@@H]1CCCN1C(=O)/C(C)=C/[C@H](C(C)C)N(C)C(=O)[C@@H](NC(=O)[C@H]1CCCCN1C)C(C)C)c1ccccc1. The second-order valence-corrected chi connectivity index (χ2v) is 13.2. The van der Waals surface area contributed by atoms with Crippen LogP contribution in [0.1, 0.15) is 91.7 Å². The van der Waals surface area contributed by atoms with Gasteiger partial charge in [0.1, 0.15) is 18.2 Å². The van der Waals surface area contributed by atoms with Gasteiger partial charge in [-0.15, -0.1) is 0 Å². The van der Waals surface area contributed by atoms with E-state index in [2.05, 4.69) is 10.2 Å². The second-order valence-electron chi connectivity index (χ2n) is 13.2. The van der Waals surface area contributed by atoms with Crippen molar-refractivity contribution >= 4 is 23.7 Å². The Morgan fingerprint density at radius 3 is 2.23 bits per heavy atom. The molecule has 0 aliphatic carbocycles. The average Bonchev–Trinajstić information content (AvgIpc) is 3.50. The van der Waals surface area contributed by atoms with Crippen molar-refractivity contribution in [2.45, 2.75) is 110 Å². The predicted octanol–water partition coefficient (Wildman–Crippen LogP) is 4.73. The lowest BCUT2D eigenvalue weighted by atomic mass is 9.96. The van der Waals surface area contributed by atoms with Gasteiger partial charge in [-0.05, 0) is 70.0 Å². The summed E-state index contributed by atoms with van der Waals surface area (Å²) in [6.07, 6.45) is 6.24. The van der Waals surface area contributed by atoms with Gasteiger partial charge in [0.25, 0.3) is 0 Å². The van der Waals surface area contributed by atoms with E-state index in [4.69, 9.17) is 4.74 Å². The summed E-state index contributed by atoms with van der Waals surface area (Å²) in [4.78, 5) is 59.4. The van der Waals surface area contributed by atoms with Gasteiger partial charge in [-0.25, -0.2) is 4.79 Å². The van der Waals surface area contributed by atoms with E-state index in [0.29, 0.717) is 25.0 Å². The molecular formula is C35H54N4O5. The minimum Gasteiger partial charge on any atom is -0.456 e. The van der Waals surface area contributed by atoms with E-state index >= 15 is 0 Å². The molecule has 2 saturated heterocycles. The highest BCUT2D eigenvalue weighted by Crippen LogP contribution is 2.27. The van der Waals surface area contributed by atoms with Gasteiger partial charge in [-0.2, -0.15) is 0 Å². The van der Waals surface area contributed by atoms with Crippen LogP contribution in [0.4, 0.5) is 0 Å². The summed E-state index contributed by atoms with van der Waals surface area (Å²) >= 11 is 0. The molecule has 0 radical (unpaired) electrons. The molecule has 244 valence electrons. The number of ether oxygens (including phenoxy) is 1. The fourth-order valence-corrected chi connectivity index (χ4v) is 6.37. The molecule has 0 spiro atoms. The van der Waals surface area contributed by atoms with Crippen molar-refractivity contribution in [3.63, 3.8) is 0 Å². The zero-order valence-corrected chi connectivity index (χ0v) is 28.0. The maximum Gasteiger partial charge on any atom is 0.329 e. The summed E-state index contributed by atoms with van der Waals surface area (Å²) in [6.45, 7) is 12.9. The smallest absolute Gasteiger partial charge is 0.329 e. The molecule has 44 heavy (non-hydrogen) atoms. The van der Waals surface area contributed by atoms with Crippen LogP contribution in [0, 0.1) is 11.8 Å². The lowest BCUT2D eigenvalue weighted by Gasteiger charge is -2.36. The van der Waals surface area contributed by atoms with Crippen LogP contribution in [0.25, 0.3) is 0 Å². The molecule has 1 aromatic carbocycles. The summed E-state index contributed by atoms with van der Waals surface area (Å²) in [5, 5.41) is 3.04. The Hall–Kier alpha value is -3.20. The number of likely N-dealkylation sites (tertiary alicyclic amines) is 2. The molecule has 3 amide bonds. The van der Waals surface area contributed by atoms with Gasteiger partial charge in [0.15, 0.2) is 0 Å². The Bertz CT molecular complexity index is 1170. The lowest BCUT2D eigenvalue weighted by molar-refractivity contribution is -0.157. The van der Waals surface area contributed by atoms with E-state index in [0.717, 1.165) is 37.8 Å². The van der Waals surface area contributed by atoms with E-state index in [1.165, 1.54) is 0 Å². The Morgan fingerprint density at radius 1 is 0.977 bits per heavy atom. The molecule has 5 atom stereocenters. The quantitative estimate of drug-likeness (QED) is 0.272. The number of amides is 3. The number of carbonyl (C=O) groups excluding carboxylic acids is 4. The van der Waals surface area contributed by atoms with E-state index in [1.54, 1.807) is 23.8 Å². The Kier molecular flexibility index (Phi) is 13.0. The monoisotopic (exact) mass is 610 g/mol. The molecule has 3 rings (SSSR count). The third kappa shape index (κ3) is 8.71. The predicted molar refractivity (Wildman–Crippen MR) is 172 cm³/mol. The van der Waals surface area contributed by atoms with Crippen molar-refractivity contribution in [3.8, 4) is 0 Å². The number of rotatable bonds is 12. The maximum atomic E-state index is 13.8. The van der Waals surface area contributed by atoms with Crippen LogP contribution >= 0.6 is 0 Å². The van der Waals surface area contributed by atoms with Gasteiger partial charge in [0, 0.05) is 19.2 Å². The Labute approximate surface area is 264 Å². The van der Waals surface area contributed by atoms with Gasteiger partial charge >= 0.3 is 5.97 Å². The third-order valence-electron chi connectivity index (χ3n) is 9.13. The molecule has 1 aromatic rings. The molecule has 9 nitrogen and oxygen atoms in total. The first kappa shape index (κ1) is 35.3. The first-order valence-corrected chi connectivity index (χ1v) is 16.4. The van der Waals surface area contributed by atoms with Gasteiger partial charge in [0.05, 0.1) is 12.1 Å². The van der Waals surface area contributed by atoms with Crippen molar-refractivity contribution in [2.75, 3.05) is 27.2 Å². The van der Waals surface area contributed by atoms with Crippen molar-refractivity contribution in [1.29, 1.82) is 0 Å². The summed E-state index contributed by atoms with van der Waals surface area (Å²) in [6, 6.07) is 7.73. The fraction of sp³-hybridized carbons (Fsp3) is 0.657. The van der Waals surface area contributed by atoms with Crippen LogP contribution < -0.4 is 5.32 Å². The number of nitrogens with one attached hydrogen (secondary N) is 1. The van der Waals surface area contributed by atoms with Crippen LogP contribution in [0.15, 0.2) is 42.0 Å². The van der Waals surface area contributed by atoms with Gasteiger partial charge in [0.2, 0.25) is 17.7 Å². The highest BCUT2D eigenvalue weighted by Gasteiger charge is 2.38. The summed E-state index contributed by atoms with van der Waals surface area (Å²) in [5.41, 5.74) is 1.41. The fourth-order valence-electron chi connectivity index (χ4n) is 6.37. The number of esters is 1. The molecule has 2 aliphatic heterocycles. The molecule has 0 bridgehead atoms. The average molecular weight is 611 g/mol. The standard InChI is InChI=1S/C35H54N4O5/c1-9-30(26-16-11-10-12-17-26)44-35(43)28-19-15-21-39(28)33(41)25(6)22-29(23(2)3)38(8)34(42)31(24(4)5)36-32(40)27-18-13-14-20-37(27)7/h10-12,16-17,22-24,27-31H,9,13-15,18-21H2,1-8H3,(H,36,40)/b25-22+/t27-,28+,29-,30?,31+/m1/s1. The van der Waals surface area contributed by atoms with Gasteiger partial charge in [-0.3, -0.25) is 19.3 Å².